The molecule has 1 aromatic carbocycles. The summed E-state index contributed by atoms with van der Waals surface area (Å²) in [6.07, 6.45) is 1.95. The lowest BCUT2D eigenvalue weighted by molar-refractivity contribution is -0.384. The minimum Gasteiger partial charge on any atom is -0.481 e. The Balaban J connectivity index is 2.13. The fourth-order valence-corrected chi connectivity index (χ4v) is 2.31. The number of nitrogens with one attached hydrogen (secondary N) is 1. The number of nitro benzene ring substituents is 1. The summed E-state index contributed by atoms with van der Waals surface area (Å²) in [7, 11) is 0. The number of hydrogen-bond donors (Lipinski definition) is 2. The molecule has 7 heteroatoms. The van der Waals surface area contributed by atoms with Crippen LogP contribution in [-0.4, -0.2) is 27.4 Å². The molecule has 0 atom stereocenters. The van der Waals surface area contributed by atoms with E-state index in [1.54, 1.807) is 0 Å². The highest BCUT2D eigenvalue weighted by atomic mass is 16.6. The lowest BCUT2D eigenvalue weighted by atomic mass is 9.74. The molecule has 0 saturated heterocycles. The van der Waals surface area contributed by atoms with Gasteiger partial charge in [-0.2, -0.15) is 0 Å². The Labute approximate surface area is 114 Å². The summed E-state index contributed by atoms with van der Waals surface area (Å²) in [5.74, 6) is -1.45. The number of rotatable bonds is 5. The van der Waals surface area contributed by atoms with Crippen molar-refractivity contribution in [2.75, 3.05) is 0 Å². The summed E-state index contributed by atoms with van der Waals surface area (Å²) in [6.45, 7) is 0. The van der Waals surface area contributed by atoms with Gasteiger partial charge in [-0.05, 0) is 25.3 Å². The van der Waals surface area contributed by atoms with Crippen LogP contribution >= 0.6 is 0 Å². The zero-order chi connectivity index (χ0) is 14.8. The second-order valence-corrected chi connectivity index (χ2v) is 4.97. The molecule has 2 N–H and O–H groups in total. The Kier molecular flexibility index (Phi) is 3.69. The Bertz CT molecular complexity index is 566. The molecule has 0 spiro atoms. The van der Waals surface area contributed by atoms with Gasteiger partial charge in [0.15, 0.2) is 0 Å². The van der Waals surface area contributed by atoms with Gasteiger partial charge in [0.05, 0.1) is 16.9 Å². The molecule has 0 radical (unpaired) electrons. The number of nitro groups is 1. The molecule has 7 nitrogen and oxygen atoms in total. The van der Waals surface area contributed by atoms with Crippen LogP contribution in [-0.2, 0) is 4.79 Å². The topological polar surface area (TPSA) is 110 Å². The van der Waals surface area contributed by atoms with Crippen molar-refractivity contribution in [1.29, 1.82) is 0 Å². The van der Waals surface area contributed by atoms with Crippen molar-refractivity contribution >= 4 is 17.6 Å². The zero-order valence-electron chi connectivity index (χ0n) is 10.7. The van der Waals surface area contributed by atoms with Gasteiger partial charge in [-0.25, -0.2) is 0 Å². The van der Waals surface area contributed by atoms with Gasteiger partial charge in [-0.3, -0.25) is 19.7 Å². The van der Waals surface area contributed by atoms with E-state index in [4.69, 9.17) is 5.11 Å². The Hall–Kier alpha value is -2.44. The van der Waals surface area contributed by atoms with E-state index in [2.05, 4.69) is 5.32 Å². The maximum absolute atomic E-state index is 12.1. The summed E-state index contributed by atoms with van der Waals surface area (Å²) in [5.41, 5.74) is -0.720. The number of non-ortho nitro benzene ring substituents is 1. The van der Waals surface area contributed by atoms with Crippen molar-refractivity contribution in [1.82, 2.24) is 5.32 Å². The molecule has 0 aliphatic heterocycles. The van der Waals surface area contributed by atoms with Crippen LogP contribution in [0, 0.1) is 10.1 Å². The predicted octanol–water partition coefficient (Wildman–Crippen LogP) is 1.72. The number of amides is 1. The standard InChI is InChI=1S/C13H14N2O5/c16-11(17)8-13(5-2-6-13)14-12(18)9-3-1-4-10(7-9)15(19)20/h1,3-4,7H,2,5-6,8H2,(H,14,18)(H,16,17). The molecule has 0 unspecified atom stereocenters. The van der Waals surface area contributed by atoms with Crippen LogP contribution < -0.4 is 5.32 Å². The smallest absolute Gasteiger partial charge is 0.305 e. The number of nitrogens with zero attached hydrogens (tertiary/aromatic N) is 1. The van der Waals surface area contributed by atoms with Gasteiger partial charge in [0.25, 0.3) is 11.6 Å². The number of hydrogen-bond acceptors (Lipinski definition) is 4. The Morgan fingerprint density at radius 3 is 2.60 bits per heavy atom. The average molecular weight is 278 g/mol. The largest absolute Gasteiger partial charge is 0.481 e. The predicted molar refractivity (Wildman–Crippen MR) is 69.4 cm³/mol. The first-order valence-electron chi connectivity index (χ1n) is 6.21. The first kappa shape index (κ1) is 14.0. The van der Waals surface area contributed by atoms with E-state index in [1.165, 1.54) is 24.3 Å². The third-order valence-electron chi connectivity index (χ3n) is 3.50. The fourth-order valence-electron chi connectivity index (χ4n) is 2.31. The molecule has 0 heterocycles. The molecule has 1 aliphatic carbocycles. The molecule has 1 fully saturated rings. The van der Waals surface area contributed by atoms with E-state index in [1.807, 2.05) is 0 Å². The molecule has 1 aromatic rings. The van der Waals surface area contributed by atoms with E-state index in [9.17, 15) is 19.7 Å². The third kappa shape index (κ3) is 2.93. The highest BCUT2D eigenvalue weighted by Crippen LogP contribution is 2.35. The molecule has 106 valence electrons. The van der Waals surface area contributed by atoms with Gasteiger partial charge in [0.2, 0.25) is 0 Å². The van der Waals surface area contributed by atoms with Crippen LogP contribution in [0.2, 0.25) is 0 Å². The SMILES string of the molecule is O=C(O)CC1(NC(=O)c2cccc([N+](=O)[O-])c2)CCC1. The maximum Gasteiger partial charge on any atom is 0.305 e. The first-order chi connectivity index (χ1) is 9.42. The molecule has 2 rings (SSSR count). The highest BCUT2D eigenvalue weighted by Gasteiger charge is 2.40. The normalized spacial score (nSPS) is 16.0. The minimum absolute atomic E-state index is 0.131. The monoisotopic (exact) mass is 278 g/mol. The van der Waals surface area contributed by atoms with Gasteiger partial charge in [-0.1, -0.05) is 6.07 Å². The quantitative estimate of drug-likeness (QED) is 0.629. The van der Waals surface area contributed by atoms with Gasteiger partial charge in [-0.15, -0.1) is 0 Å². The third-order valence-corrected chi connectivity index (χ3v) is 3.50. The van der Waals surface area contributed by atoms with Crippen molar-refractivity contribution in [3.05, 3.63) is 39.9 Å². The minimum atomic E-state index is -0.968. The van der Waals surface area contributed by atoms with Crippen molar-refractivity contribution in [3.63, 3.8) is 0 Å². The summed E-state index contributed by atoms with van der Waals surface area (Å²) in [5, 5.41) is 22.2. The van der Waals surface area contributed by atoms with Crippen molar-refractivity contribution < 1.29 is 19.6 Å². The first-order valence-corrected chi connectivity index (χ1v) is 6.21. The zero-order valence-corrected chi connectivity index (χ0v) is 10.7. The summed E-state index contributed by atoms with van der Waals surface area (Å²) < 4.78 is 0. The molecule has 1 amide bonds. The van der Waals surface area contributed by atoms with Crippen molar-refractivity contribution in [3.8, 4) is 0 Å². The second-order valence-electron chi connectivity index (χ2n) is 4.97. The van der Waals surface area contributed by atoms with Gasteiger partial charge in [0, 0.05) is 17.7 Å². The fraction of sp³-hybridized carbons (Fsp3) is 0.385. The van der Waals surface area contributed by atoms with Crippen LogP contribution in [0.5, 0.6) is 0 Å². The average Bonchev–Trinajstić information content (AvgIpc) is 2.35. The Morgan fingerprint density at radius 1 is 1.40 bits per heavy atom. The molecular formula is C13H14N2O5. The van der Waals surface area contributed by atoms with E-state index < -0.39 is 22.3 Å². The second kappa shape index (κ2) is 5.28. The van der Waals surface area contributed by atoms with E-state index in [0.29, 0.717) is 12.8 Å². The number of aliphatic carboxylic acids is 1. The lowest BCUT2D eigenvalue weighted by Gasteiger charge is -2.41. The van der Waals surface area contributed by atoms with Crippen molar-refractivity contribution in [2.45, 2.75) is 31.2 Å². The number of carbonyl (C=O) groups is 2. The Morgan fingerprint density at radius 2 is 2.10 bits per heavy atom. The van der Waals surface area contributed by atoms with Crippen LogP contribution in [0.25, 0.3) is 0 Å². The molecule has 0 bridgehead atoms. The van der Waals surface area contributed by atoms with Gasteiger partial charge < -0.3 is 10.4 Å². The van der Waals surface area contributed by atoms with Crippen LogP contribution in [0.15, 0.2) is 24.3 Å². The summed E-state index contributed by atoms with van der Waals surface area (Å²) in [6, 6.07) is 5.38. The van der Waals surface area contributed by atoms with Crippen LogP contribution in [0.1, 0.15) is 36.0 Å². The van der Waals surface area contributed by atoms with Gasteiger partial charge >= 0.3 is 5.97 Å². The summed E-state index contributed by atoms with van der Waals surface area (Å²) in [4.78, 5) is 33.0. The maximum atomic E-state index is 12.1. The van der Waals surface area contributed by atoms with Crippen LogP contribution in [0.4, 0.5) is 5.69 Å². The van der Waals surface area contributed by atoms with E-state index in [0.717, 1.165) is 6.42 Å². The number of carbonyl (C=O) groups excluding carboxylic acids is 1. The molecule has 1 aliphatic rings. The van der Waals surface area contributed by atoms with E-state index >= 15 is 0 Å². The van der Waals surface area contributed by atoms with Crippen LogP contribution in [0.3, 0.4) is 0 Å². The van der Waals surface area contributed by atoms with Gasteiger partial charge in [0.1, 0.15) is 0 Å². The molecular weight excluding hydrogens is 264 g/mol. The molecule has 20 heavy (non-hydrogen) atoms. The number of carboxylic acids is 1. The highest BCUT2D eigenvalue weighted by molar-refractivity contribution is 5.95. The van der Waals surface area contributed by atoms with Crippen molar-refractivity contribution in [2.24, 2.45) is 0 Å². The molecule has 1 saturated carbocycles. The number of benzene rings is 1. The lowest BCUT2D eigenvalue weighted by Crippen LogP contribution is -2.54. The molecule has 0 aromatic heterocycles. The summed E-state index contributed by atoms with van der Waals surface area (Å²) >= 11 is 0. The number of carboxylic acid groups (broad SMARTS) is 1. The van der Waals surface area contributed by atoms with E-state index in [-0.39, 0.29) is 17.7 Å².